The molecule has 1 aliphatic heterocycles. The van der Waals surface area contributed by atoms with Crippen LogP contribution in [0.5, 0.6) is 5.75 Å². The molecule has 0 radical (unpaired) electrons. The topological polar surface area (TPSA) is 85.4 Å². The van der Waals surface area contributed by atoms with Crippen molar-refractivity contribution in [3.8, 4) is 17.0 Å². The van der Waals surface area contributed by atoms with E-state index in [4.69, 9.17) is 0 Å². The summed E-state index contributed by atoms with van der Waals surface area (Å²) in [4.78, 5) is 31.0. The van der Waals surface area contributed by atoms with Gasteiger partial charge >= 0.3 is 0 Å². The minimum Gasteiger partial charge on any atom is -0.506 e. The van der Waals surface area contributed by atoms with Crippen LogP contribution >= 0.6 is 0 Å². The maximum Gasteiger partial charge on any atom is 0.227 e. The van der Waals surface area contributed by atoms with E-state index in [-0.39, 0.29) is 29.3 Å². The quantitative estimate of drug-likeness (QED) is 0.316. The number of anilines is 1. The molecule has 0 saturated carbocycles. The van der Waals surface area contributed by atoms with Crippen molar-refractivity contribution >= 4 is 28.4 Å². The van der Waals surface area contributed by atoms with Crippen LogP contribution in [0.3, 0.4) is 0 Å². The number of para-hydroxylation sites is 3. The molecule has 0 aliphatic carbocycles. The predicted octanol–water partition coefficient (Wildman–Crippen LogP) is 5.49. The van der Waals surface area contributed by atoms with Gasteiger partial charge in [-0.25, -0.2) is 4.39 Å². The summed E-state index contributed by atoms with van der Waals surface area (Å²) in [6.07, 6.45) is 2.08. The molecule has 4 aromatic rings. The molecule has 1 aliphatic rings. The van der Waals surface area contributed by atoms with Gasteiger partial charge in [-0.3, -0.25) is 9.59 Å². The van der Waals surface area contributed by atoms with E-state index in [0.717, 1.165) is 27.7 Å². The second kappa shape index (κ2) is 10.2. The lowest BCUT2D eigenvalue weighted by atomic mass is 9.95. The van der Waals surface area contributed by atoms with Crippen LogP contribution in [0.4, 0.5) is 10.1 Å². The van der Waals surface area contributed by atoms with E-state index in [1.807, 2.05) is 29.2 Å². The normalized spacial score (nSPS) is 14.2. The zero-order valence-corrected chi connectivity index (χ0v) is 19.8. The number of carbonyl (C=O) groups excluding carboxylic acids is 2. The lowest BCUT2D eigenvalue weighted by Gasteiger charge is -2.31. The molecule has 3 aromatic carbocycles. The number of H-pyrrole nitrogens is 1. The Balaban J connectivity index is 1.22. The molecule has 184 valence electrons. The Morgan fingerprint density at radius 3 is 2.42 bits per heavy atom. The van der Waals surface area contributed by atoms with Crippen molar-refractivity contribution in [3.05, 3.63) is 84.2 Å². The van der Waals surface area contributed by atoms with E-state index in [9.17, 15) is 19.1 Å². The van der Waals surface area contributed by atoms with E-state index in [1.54, 1.807) is 30.3 Å². The fraction of sp³-hybridized carbons (Fsp3) is 0.241. The summed E-state index contributed by atoms with van der Waals surface area (Å²) >= 11 is 0. The number of amides is 2. The van der Waals surface area contributed by atoms with Crippen molar-refractivity contribution < 1.29 is 19.1 Å². The molecule has 36 heavy (non-hydrogen) atoms. The molecular formula is C29H28FN3O3. The first-order valence-corrected chi connectivity index (χ1v) is 12.2. The van der Waals surface area contributed by atoms with Crippen LogP contribution in [-0.2, 0) is 16.0 Å². The number of phenolic OH excluding ortho intramolecular Hbond substituents is 1. The molecular weight excluding hydrogens is 457 g/mol. The second-order valence-electron chi connectivity index (χ2n) is 9.19. The fourth-order valence-corrected chi connectivity index (χ4v) is 4.92. The number of halogens is 1. The fourth-order valence-electron chi connectivity index (χ4n) is 4.92. The van der Waals surface area contributed by atoms with Crippen molar-refractivity contribution in [3.63, 3.8) is 0 Å². The molecule has 1 saturated heterocycles. The number of benzene rings is 3. The number of piperidine rings is 1. The molecule has 2 heterocycles. The number of aromatic nitrogens is 1. The summed E-state index contributed by atoms with van der Waals surface area (Å²) in [5.74, 6) is -0.524. The zero-order chi connectivity index (χ0) is 25.1. The zero-order valence-electron chi connectivity index (χ0n) is 19.8. The SMILES string of the molecule is O=C(Nc1ccccc1O)C1CCN(C(=O)CCc2c(-c3ccc(F)cc3)[nH]c3ccccc23)CC1. The van der Waals surface area contributed by atoms with Crippen LogP contribution in [0.25, 0.3) is 22.2 Å². The number of nitrogens with zero attached hydrogens (tertiary/aromatic N) is 1. The van der Waals surface area contributed by atoms with Crippen molar-refractivity contribution in [2.45, 2.75) is 25.7 Å². The molecule has 0 bridgehead atoms. The first kappa shape index (κ1) is 23.6. The van der Waals surface area contributed by atoms with Gasteiger partial charge in [-0.1, -0.05) is 30.3 Å². The van der Waals surface area contributed by atoms with Gasteiger partial charge in [0.15, 0.2) is 0 Å². The summed E-state index contributed by atoms with van der Waals surface area (Å²) in [7, 11) is 0. The molecule has 6 nitrogen and oxygen atoms in total. The van der Waals surface area contributed by atoms with Crippen molar-refractivity contribution in [1.29, 1.82) is 0 Å². The Hall–Kier alpha value is -4.13. The minimum atomic E-state index is -0.288. The Bertz CT molecular complexity index is 1390. The van der Waals surface area contributed by atoms with E-state index in [0.29, 0.717) is 44.5 Å². The lowest BCUT2D eigenvalue weighted by molar-refractivity contribution is -0.134. The van der Waals surface area contributed by atoms with Crippen LogP contribution in [0.15, 0.2) is 72.8 Å². The predicted molar refractivity (Wildman–Crippen MR) is 138 cm³/mol. The highest BCUT2D eigenvalue weighted by Crippen LogP contribution is 2.32. The summed E-state index contributed by atoms with van der Waals surface area (Å²) in [6.45, 7) is 1.05. The molecule has 0 atom stereocenters. The number of hydrogen-bond donors (Lipinski definition) is 3. The molecule has 7 heteroatoms. The summed E-state index contributed by atoms with van der Waals surface area (Å²) in [5.41, 5.74) is 4.21. The number of rotatable bonds is 6. The third-order valence-corrected chi connectivity index (χ3v) is 6.92. The molecule has 1 fully saturated rings. The number of likely N-dealkylation sites (tertiary alicyclic amines) is 1. The molecule has 3 N–H and O–H groups in total. The Labute approximate surface area is 208 Å². The number of aryl methyl sites for hydroxylation is 1. The molecule has 0 unspecified atom stereocenters. The largest absolute Gasteiger partial charge is 0.506 e. The number of nitrogens with one attached hydrogen (secondary N) is 2. The van der Waals surface area contributed by atoms with E-state index < -0.39 is 0 Å². The van der Waals surface area contributed by atoms with E-state index in [2.05, 4.69) is 10.3 Å². The van der Waals surface area contributed by atoms with Gasteiger partial charge in [-0.2, -0.15) is 0 Å². The second-order valence-corrected chi connectivity index (χ2v) is 9.19. The highest BCUT2D eigenvalue weighted by Gasteiger charge is 2.28. The highest BCUT2D eigenvalue weighted by molar-refractivity contribution is 5.94. The van der Waals surface area contributed by atoms with Crippen molar-refractivity contribution in [1.82, 2.24) is 9.88 Å². The molecule has 5 rings (SSSR count). The van der Waals surface area contributed by atoms with Crippen LogP contribution in [0.1, 0.15) is 24.8 Å². The Kier molecular flexibility index (Phi) is 6.71. The third-order valence-electron chi connectivity index (χ3n) is 6.92. The van der Waals surface area contributed by atoms with Gasteiger partial charge in [0.2, 0.25) is 11.8 Å². The van der Waals surface area contributed by atoms with Crippen LogP contribution < -0.4 is 5.32 Å². The highest BCUT2D eigenvalue weighted by atomic mass is 19.1. The van der Waals surface area contributed by atoms with Gasteiger partial charge in [-0.05, 0) is 72.9 Å². The maximum atomic E-state index is 13.5. The van der Waals surface area contributed by atoms with Crippen molar-refractivity contribution in [2.24, 2.45) is 5.92 Å². The first-order valence-electron chi connectivity index (χ1n) is 12.2. The average Bonchev–Trinajstić information content (AvgIpc) is 3.27. The van der Waals surface area contributed by atoms with Crippen LogP contribution in [0.2, 0.25) is 0 Å². The Morgan fingerprint density at radius 2 is 1.67 bits per heavy atom. The molecule has 1 aromatic heterocycles. The molecule has 2 amide bonds. The number of aromatic amines is 1. The summed E-state index contributed by atoms with van der Waals surface area (Å²) in [5, 5.41) is 13.7. The number of aromatic hydroxyl groups is 1. The third kappa shape index (κ3) is 4.96. The van der Waals surface area contributed by atoms with Crippen molar-refractivity contribution in [2.75, 3.05) is 18.4 Å². The minimum absolute atomic E-state index is 0.0377. The van der Waals surface area contributed by atoms with Gasteiger partial charge in [0.25, 0.3) is 0 Å². The lowest BCUT2D eigenvalue weighted by Crippen LogP contribution is -2.41. The smallest absolute Gasteiger partial charge is 0.227 e. The number of hydrogen-bond acceptors (Lipinski definition) is 3. The van der Waals surface area contributed by atoms with Gasteiger partial charge in [-0.15, -0.1) is 0 Å². The monoisotopic (exact) mass is 485 g/mol. The van der Waals surface area contributed by atoms with Crippen LogP contribution in [0, 0.1) is 11.7 Å². The van der Waals surface area contributed by atoms with Gasteiger partial charge in [0.1, 0.15) is 11.6 Å². The average molecular weight is 486 g/mol. The number of fused-ring (bicyclic) bond motifs is 1. The van der Waals surface area contributed by atoms with E-state index >= 15 is 0 Å². The van der Waals surface area contributed by atoms with E-state index in [1.165, 1.54) is 18.2 Å². The van der Waals surface area contributed by atoms with Crippen LogP contribution in [-0.4, -0.2) is 39.9 Å². The van der Waals surface area contributed by atoms with Gasteiger partial charge < -0.3 is 20.3 Å². The summed E-state index contributed by atoms with van der Waals surface area (Å²) in [6, 6.07) is 21.0. The standard InChI is InChI=1S/C29H28FN3O3/c30-21-11-9-19(10-12-21)28-23(22-5-1-2-6-24(22)31-28)13-14-27(35)33-17-15-20(16-18-33)29(36)32-25-7-3-4-8-26(25)34/h1-12,20,31,34H,13-18H2,(H,32,36). The number of carbonyl (C=O) groups is 2. The number of phenols is 1. The summed E-state index contributed by atoms with van der Waals surface area (Å²) < 4.78 is 13.5. The molecule has 0 spiro atoms. The first-order chi connectivity index (χ1) is 17.5. The van der Waals surface area contributed by atoms with Gasteiger partial charge in [0.05, 0.1) is 5.69 Å². The Morgan fingerprint density at radius 1 is 0.972 bits per heavy atom. The maximum absolute atomic E-state index is 13.5. The van der Waals surface area contributed by atoms with Gasteiger partial charge in [0, 0.05) is 42.0 Å².